The van der Waals surface area contributed by atoms with Crippen molar-refractivity contribution in [3.05, 3.63) is 52.5 Å². The normalized spacial score (nSPS) is 10.3. The van der Waals surface area contributed by atoms with E-state index < -0.39 is 0 Å². The van der Waals surface area contributed by atoms with Crippen LogP contribution in [0.2, 0.25) is 5.02 Å². The van der Waals surface area contributed by atoms with Gasteiger partial charge in [0.05, 0.1) is 27.8 Å². The van der Waals surface area contributed by atoms with Crippen LogP contribution in [0.25, 0.3) is 0 Å². The molecule has 2 rings (SSSR count). The maximum Gasteiger partial charge on any atom is 0.226 e. The van der Waals surface area contributed by atoms with E-state index >= 15 is 0 Å². The van der Waals surface area contributed by atoms with Gasteiger partial charge in [0, 0.05) is 24.2 Å². The zero-order valence-corrected chi connectivity index (χ0v) is 16.3. The van der Waals surface area contributed by atoms with Crippen molar-refractivity contribution >= 4 is 17.5 Å². The SMILES string of the molecule is COc1ccc(Cl)cc1CC(=O)N(C)CCc1ccc(OC)c(OC)c1. The Kier molecular flexibility index (Phi) is 7.16. The lowest BCUT2D eigenvalue weighted by atomic mass is 10.1. The van der Waals surface area contributed by atoms with E-state index in [0.29, 0.717) is 28.8 Å². The molecule has 26 heavy (non-hydrogen) atoms. The summed E-state index contributed by atoms with van der Waals surface area (Å²) < 4.78 is 15.9. The van der Waals surface area contributed by atoms with E-state index in [-0.39, 0.29) is 12.3 Å². The van der Waals surface area contributed by atoms with Gasteiger partial charge >= 0.3 is 0 Å². The van der Waals surface area contributed by atoms with E-state index in [9.17, 15) is 4.79 Å². The van der Waals surface area contributed by atoms with Crippen LogP contribution in [0.3, 0.4) is 0 Å². The first kappa shape index (κ1) is 19.9. The van der Waals surface area contributed by atoms with E-state index in [1.807, 2.05) is 18.2 Å². The van der Waals surface area contributed by atoms with Crippen molar-refractivity contribution in [1.29, 1.82) is 0 Å². The van der Waals surface area contributed by atoms with Gasteiger partial charge in [-0.15, -0.1) is 0 Å². The summed E-state index contributed by atoms with van der Waals surface area (Å²) in [4.78, 5) is 14.2. The molecule has 140 valence electrons. The van der Waals surface area contributed by atoms with Gasteiger partial charge in [0.2, 0.25) is 5.91 Å². The minimum atomic E-state index is 0.00560. The molecule has 0 heterocycles. The summed E-state index contributed by atoms with van der Waals surface area (Å²) in [6.45, 7) is 0.594. The monoisotopic (exact) mass is 377 g/mol. The Morgan fingerprint density at radius 3 is 2.27 bits per heavy atom. The fourth-order valence-corrected chi connectivity index (χ4v) is 2.84. The molecule has 0 aromatic heterocycles. The Hall–Kier alpha value is -2.40. The van der Waals surface area contributed by atoms with Crippen LogP contribution < -0.4 is 14.2 Å². The molecule has 0 aliphatic rings. The number of halogens is 1. The topological polar surface area (TPSA) is 48.0 Å². The van der Waals surface area contributed by atoms with E-state index in [1.54, 1.807) is 51.5 Å². The molecule has 0 N–H and O–H groups in total. The zero-order valence-electron chi connectivity index (χ0n) is 15.5. The average Bonchev–Trinajstić information content (AvgIpc) is 2.65. The Morgan fingerprint density at radius 1 is 0.962 bits per heavy atom. The molecule has 1 amide bonds. The summed E-state index contributed by atoms with van der Waals surface area (Å²) in [7, 11) is 6.59. The summed E-state index contributed by atoms with van der Waals surface area (Å²) in [6, 6.07) is 11.0. The van der Waals surface area contributed by atoms with E-state index in [1.165, 1.54) is 0 Å². The summed E-state index contributed by atoms with van der Waals surface area (Å²) >= 11 is 6.03. The molecular weight excluding hydrogens is 354 g/mol. The lowest BCUT2D eigenvalue weighted by Gasteiger charge is -2.18. The van der Waals surface area contributed by atoms with Gasteiger partial charge in [-0.3, -0.25) is 4.79 Å². The largest absolute Gasteiger partial charge is 0.496 e. The van der Waals surface area contributed by atoms with E-state index in [4.69, 9.17) is 25.8 Å². The number of carbonyl (C=O) groups excluding carboxylic acids is 1. The first-order valence-corrected chi connectivity index (χ1v) is 8.63. The third kappa shape index (κ3) is 5.05. The second-order valence-electron chi connectivity index (χ2n) is 5.89. The van der Waals surface area contributed by atoms with Crippen LogP contribution in [-0.4, -0.2) is 45.7 Å². The highest BCUT2D eigenvalue weighted by molar-refractivity contribution is 6.30. The first-order chi connectivity index (χ1) is 12.5. The zero-order chi connectivity index (χ0) is 19.1. The highest BCUT2D eigenvalue weighted by atomic mass is 35.5. The summed E-state index contributed by atoms with van der Waals surface area (Å²) in [5.74, 6) is 2.04. The Labute approximate surface area is 159 Å². The molecule has 0 spiro atoms. The van der Waals surface area contributed by atoms with E-state index in [0.717, 1.165) is 17.5 Å². The number of ether oxygens (including phenoxy) is 3. The second-order valence-corrected chi connectivity index (χ2v) is 6.32. The standard InChI is InChI=1S/C20H24ClNO4/c1-22(10-9-14-5-7-18(25-3)19(11-14)26-4)20(23)13-15-12-16(21)6-8-17(15)24-2/h5-8,11-12H,9-10,13H2,1-4H3. The van der Waals surface area contributed by atoms with Crippen LogP contribution in [0.4, 0.5) is 0 Å². The molecule has 0 aliphatic heterocycles. The number of nitrogens with zero attached hydrogens (tertiary/aromatic N) is 1. The average molecular weight is 378 g/mol. The third-order valence-electron chi connectivity index (χ3n) is 4.19. The molecule has 0 saturated carbocycles. The minimum Gasteiger partial charge on any atom is -0.496 e. The molecule has 6 heteroatoms. The molecular formula is C20H24ClNO4. The predicted molar refractivity (Wildman–Crippen MR) is 103 cm³/mol. The van der Waals surface area contributed by atoms with E-state index in [2.05, 4.69) is 0 Å². The van der Waals surface area contributed by atoms with Crippen LogP contribution in [0.1, 0.15) is 11.1 Å². The van der Waals surface area contributed by atoms with Crippen LogP contribution in [-0.2, 0) is 17.6 Å². The van der Waals surface area contributed by atoms with Crippen molar-refractivity contribution in [2.45, 2.75) is 12.8 Å². The fourth-order valence-electron chi connectivity index (χ4n) is 2.64. The number of amides is 1. The van der Waals surface area contributed by atoms with Crippen molar-refractivity contribution in [2.24, 2.45) is 0 Å². The summed E-state index contributed by atoms with van der Waals surface area (Å²) in [6.07, 6.45) is 0.960. The van der Waals surface area contributed by atoms with Gasteiger partial charge in [-0.2, -0.15) is 0 Å². The van der Waals surface area contributed by atoms with Gasteiger partial charge in [0.1, 0.15) is 5.75 Å². The molecule has 2 aromatic rings. The van der Waals surface area contributed by atoms with Gasteiger partial charge < -0.3 is 19.1 Å². The number of hydrogen-bond acceptors (Lipinski definition) is 4. The Balaban J connectivity index is 1.98. The molecule has 2 aromatic carbocycles. The number of carbonyl (C=O) groups is 1. The lowest BCUT2D eigenvalue weighted by Crippen LogP contribution is -2.30. The van der Waals surface area contributed by atoms with Crippen molar-refractivity contribution in [1.82, 2.24) is 4.90 Å². The molecule has 5 nitrogen and oxygen atoms in total. The molecule has 0 fully saturated rings. The quantitative estimate of drug-likeness (QED) is 0.705. The van der Waals surface area contributed by atoms with Crippen molar-refractivity contribution in [3.63, 3.8) is 0 Å². The molecule has 0 unspecified atom stereocenters. The third-order valence-corrected chi connectivity index (χ3v) is 4.43. The maximum atomic E-state index is 12.5. The predicted octanol–water partition coefficient (Wildman–Crippen LogP) is 3.61. The van der Waals surface area contributed by atoms with Crippen molar-refractivity contribution in [3.8, 4) is 17.2 Å². The molecule has 0 radical (unpaired) electrons. The first-order valence-electron chi connectivity index (χ1n) is 8.25. The highest BCUT2D eigenvalue weighted by Gasteiger charge is 2.14. The fraction of sp³-hybridized carbons (Fsp3) is 0.350. The Morgan fingerprint density at radius 2 is 1.62 bits per heavy atom. The van der Waals surface area contributed by atoms with Crippen LogP contribution >= 0.6 is 11.6 Å². The minimum absolute atomic E-state index is 0.00560. The molecule has 0 aliphatic carbocycles. The molecule has 0 atom stereocenters. The number of benzene rings is 2. The Bertz CT molecular complexity index is 763. The second kappa shape index (κ2) is 9.34. The van der Waals surface area contributed by atoms with Crippen molar-refractivity contribution in [2.75, 3.05) is 34.9 Å². The van der Waals surface area contributed by atoms with Gasteiger partial charge in [-0.05, 0) is 42.3 Å². The molecule has 0 bridgehead atoms. The van der Waals surface area contributed by atoms with Crippen molar-refractivity contribution < 1.29 is 19.0 Å². The van der Waals surface area contributed by atoms with Crippen LogP contribution in [0.15, 0.2) is 36.4 Å². The van der Waals surface area contributed by atoms with Gasteiger partial charge in [0.25, 0.3) is 0 Å². The van der Waals surface area contributed by atoms with Gasteiger partial charge in [-0.25, -0.2) is 0 Å². The number of methoxy groups -OCH3 is 3. The van der Waals surface area contributed by atoms with Gasteiger partial charge in [0.15, 0.2) is 11.5 Å². The van der Waals surface area contributed by atoms with Gasteiger partial charge in [-0.1, -0.05) is 17.7 Å². The smallest absolute Gasteiger partial charge is 0.226 e. The maximum absolute atomic E-state index is 12.5. The van der Waals surface area contributed by atoms with Crippen LogP contribution in [0.5, 0.6) is 17.2 Å². The summed E-state index contributed by atoms with van der Waals surface area (Å²) in [5.41, 5.74) is 1.85. The summed E-state index contributed by atoms with van der Waals surface area (Å²) in [5, 5.41) is 0.585. The number of hydrogen-bond donors (Lipinski definition) is 0. The van der Waals surface area contributed by atoms with Crippen LogP contribution in [0, 0.1) is 0 Å². The number of likely N-dealkylation sites (N-methyl/N-ethyl adjacent to an activating group) is 1. The number of rotatable bonds is 8. The highest BCUT2D eigenvalue weighted by Crippen LogP contribution is 2.28. The molecule has 0 saturated heterocycles. The lowest BCUT2D eigenvalue weighted by molar-refractivity contribution is -0.129.